The van der Waals surface area contributed by atoms with Crippen LogP contribution in [-0.2, 0) is 4.74 Å². The summed E-state index contributed by atoms with van der Waals surface area (Å²) in [6.45, 7) is 3.30. The molecule has 3 rings (SSSR count). The highest BCUT2D eigenvalue weighted by molar-refractivity contribution is 7.99. The first kappa shape index (κ1) is 19.1. The maximum Gasteiger partial charge on any atom is 0.191 e. The van der Waals surface area contributed by atoms with Crippen molar-refractivity contribution in [3.63, 3.8) is 0 Å². The first-order valence-corrected chi connectivity index (χ1v) is 9.41. The molecule has 4 unspecified atom stereocenters. The zero-order chi connectivity index (χ0) is 18.7. The molecule has 1 saturated heterocycles. The number of ether oxygens (including phenoxy) is 1. The fourth-order valence-electron chi connectivity index (χ4n) is 2.83. The van der Waals surface area contributed by atoms with E-state index in [1.807, 2.05) is 6.08 Å². The summed E-state index contributed by atoms with van der Waals surface area (Å²) in [4.78, 5) is 12.9. The zero-order valence-electron chi connectivity index (χ0n) is 14.2. The summed E-state index contributed by atoms with van der Waals surface area (Å²) in [5.41, 5.74) is 6.81. The van der Waals surface area contributed by atoms with E-state index in [9.17, 15) is 15.3 Å². The van der Waals surface area contributed by atoms with Crippen molar-refractivity contribution in [1.29, 1.82) is 0 Å². The van der Waals surface area contributed by atoms with Crippen molar-refractivity contribution in [1.82, 2.24) is 19.5 Å². The van der Waals surface area contributed by atoms with Crippen LogP contribution in [0.2, 0.25) is 0 Å². The van der Waals surface area contributed by atoms with Gasteiger partial charge in [0.05, 0.1) is 12.9 Å². The van der Waals surface area contributed by atoms with Gasteiger partial charge in [-0.2, -0.15) is 0 Å². The molecule has 5 N–H and O–H groups in total. The second-order valence-corrected chi connectivity index (χ2v) is 7.14. The predicted octanol–water partition coefficient (Wildman–Crippen LogP) is 0.468. The van der Waals surface area contributed by atoms with E-state index in [2.05, 4.69) is 21.5 Å². The Morgan fingerprint density at radius 2 is 2.12 bits per heavy atom. The Balaban J connectivity index is 1.82. The largest absolute Gasteiger partial charge is 0.394 e. The van der Waals surface area contributed by atoms with E-state index in [1.54, 1.807) is 0 Å². The van der Waals surface area contributed by atoms with Gasteiger partial charge >= 0.3 is 0 Å². The maximum absolute atomic E-state index is 10.2. The number of hydrogen-bond acceptors (Lipinski definition) is 9. The smallest absolute Gasteiger partial charge is 0.191 e. The van der Waals surface area contributed by atoms with Gasteiger partial charge in [0.25, 0.3) is 0 Å². The Morgan fingerprint density at radius 3 is 2.81 bits per heavy atom. The number of allylic oxidation sites excluding steroid dienone is 1. The molecule has 0 amide bonds. The summed E-state index contributed by atoms with van der Waals surface area (Å²) in [7, 11) is 0. The molecular weight excluding hydrogens is 358 g/mol. The number of nitrogens with zero attached hydrogens (tertiary/aromatic N) is 4. The van der Waals surface area contributed by atoms with Crippen molar-refractivity contribution in [2.75, 3.05) is 18.1 Å². The number of aliphatic hydroxyl groups is 3. The van der Waals surface area contributed by atoms with E-state index < -0.39 is 31.1 Å². The molecule has 0 saturated carbocycles. The molecule has 1 aliphatic heterocycles. The zero-order valence-corrected chi connectivity index (χ0v) is 15.0. The lowest BCUT2D eigenvalue weighted by Gasteiger charge is -2.16. The van der Waals surface area contributed by atoms with Gasteiger partial charge in [-0.15, -0.1) is 6.58 Å². The van der Waals surface area contributed by atoms with Crippen LogP contribution in [0.5, 0.6) is 0 Å². The van der Waals surface area contributed by atoms with Gasteiger partial charge in [-0.1, -0.05) is 17.8 Å². The minimum absolute atomic E-state index is 0.245. The number of nitrogens with two attached hydrogens (primary N) is 1. The summed E-state index contributed by atoms with van der Waals surface area (Å²) in [6, 6.07) is 0. The van der Waals surface area contributed by atoms with Gasteiger partial charge < -0.3 is 25.8 Å². The Kier molecular flexibility index (Phi) is 6.09. The van der Waals surface area contributed by atoms with Crippen LogP contribution in [-0.4, -0.2) is 65.5 Å². The molecule has 0 aliphatic carbocycles. The van der Waals surface area contributed by atoms with Crippen LogP contribution in [0.3, 0.4) is 0 Å². The second-order valence-electron chi connectivity index (χ2n) is 6.08. The van der Waals surface area contributed by atoms with E-state index in [4.69, 9.17) is 10.5 Å². The Hall–Kier alpha value is -1.72. The highest BCUT2D eigenvalue weighted by atomic mass is 32.2. The molecular formula is C16H23N5O4S. The van der Waals surface area contributed by atoms with Crippen LogP contribution in [0.4, 0.5) is 5.82 Å². The molecule has 0 spiro atoms. The fourth-order valence-corrected chi connectivity index (χ4v) is 3.68. The van der Waals surface area contributed by atoms with Gasteiger partial charge in [-0.3, -0.25) is 4.57 Å². The number of nitrogen functional groups attached to an aromatic ring is 1. The van der Waals surface area contributed by atoms with Crippen molar-refractivity contribution in [3.8, 4) is 0 Å². The number of imidazole rings is 1. The third kappa shape index (κ3) is 3.69. The Bertz CT molecular complexity index is 770. The molecule has 4 atom stereocenters. The number of aliphatic hydroxyl groups excluding tert-OH is 3. The second kappa shape index (κ2) is 8.31. The minimum Gasteiger partial charge on any atom is -0.394 e. The number of aromatic nitrogens is 4. The van der Waals surface area contributed by atoms with Crippen molar-refractivity contribution in [3.05, 3.63) is 19.0 Å². The van der Waals surface area contributed by atoms with Crippen LogP contribution in [0.25, 0.3) is 11.2 Å². The third-order valence-electron chi connectivity index (χ3n) is 4.25. The normalized spacial score (nSPS) is 25.8. The summed E-state index contributed by atoms with van der Waals surface area (Å²) in [6.07, 6.45) is 2.18. The molecule has 0 bridgehead atoms. The lowest BCUT2D eigenvalue weighted by molar-refractivity contribution is -0.0511. The van der Waals surface area contributed by atoms with E-state index in [-0.39, 0.29) is 5.82 Å². The Morgan fingerprint density at radius 1 is 1.31 bits per heavy atom. The lowest BCUT2D eigenvalue weighted by Crippen LogP contribution is -2.33. The van der Waals surface area contributed by atoms with Gasteiger partial charge in [0.15, 0.2) is 22.8 Å². The summed E-state index contributed by atoms with van der Waals surface area (Å²) < 4.78 is 7.06. The van der Waals surface area contributed by atoms with Crippen molar-refractivity contribution < 1.29 is 20.1 Å². The van der Waals surface area contributed by atoms with Gasteiger partial charge in [-0.25, -0.2) is 15.0 Å². The molecule has 0 radical (unpaired) electrons. The van der Waals surface area contributed by atoms with Crippen molar-refractivity contribution in [2.24, 2.45) is 0 Å². The van der Waals surface area contributed by atoms with Gasteiger partial charge in [0, 0.05) is 5.75 Å². The molecule has 26 heavy (non-hydrogen) atoms. The van der Waals surface area contributed by atoms with Gasteiger partial charge in [-0.05, 0) is 19.3 Å². The average molecular weight is 381 g/mol. The molecule has 10 heteroatoms. The number of unbranched alkanes of at least 4 members (excludes halogenated alkanes) is 2. The molecule has 2 aromatic heterocycles. The highest BCUT2D eigenvalue weighted by Crippen LogP contribution is 2.32. The maximum atomic E-state index is 10.2. The SMILES string of the molecule is C=CCCCCSc1nc(N)c2ncn(C3OC(CO)C(O)C3O)c2n1. The van der Waals surface area contributed by atoms with E-state index in [0.717, 1.165) is 25.0 Å². The molecule has 142 valence electrons. The molecule has 1 aliphatic rings. The predicted molar refractivity (Wildman–Crippen MR) is 97.5 cm³/mol. The molecule has 2 aromatic rings. The molecule has 1 fully saturated rings. The van der Waals surface area contributed by atoms with E-state index >= 15 is 0 Å². The van der Waals surface area contributed by atoms with E-state index in [0.29, 0.717) is 16.3 Å². The summed E-state index contributed by atoms with van der Waals surface area (Å²) in [5.74, 6) is 1.09. The lowest BCUT2D eigenvalue weighted by atomic mass is 10.1. The van der Waals surface area contributed by atoms with Crippen LogP contribution < -0.4 is 5.73 Å². The monoisotopic (exact) mass is 381 g/mol. The first-order chi connectivity index (χ1) is 12.6. The number of rotatable bonds is 8. The van der Waals surface area contributed by atoms with Gasteiger partial charge in [0.2, 0.25) is 0 Å². The summed E-state index contributed by atoms with van der Waals surface area (Å²) >= 11 is 1.49. The summed E-state index contributed by atoms with van der Waals surface area (Å²) in [5, 5.41) is 30.0. The number of anilines is 1. The number of thioether (sulfide) groups is 1. The fraction of sp³-hybridized carbons (Fsp3) is 0.562. The van der Waals surface area contributed by atoms with Crippen LogP contribution >= 0.6 is 11.8 Å². The molecule has 3 heterocycles. The molecule has 9 nitrogen and oxygen atoms in total. The van der Waals surface area contributed by atoms with Crippen molar-refractivity contribution >= 4 is 28.7 Å². The topological polar surface area (TPSA) is 140 Å². The standard InChI is InChI=1S/C16H23N5O4S/c1-2-3-4-5-6-26-16-19-13(17)10-14(20-16)21(8-18-10)15-12(24)11(23)9(7-22)25-15/h2,8-9,11-12,15,22-24H,1,3-7H2,(H2,17,19,20). The van der Waals surface area contributed by atoms with Crippen LogP contribution in [0, 0.1) is 0 Å². The highest BCUT2D eigenvalue weighted by Gasteiger charge is 2.44. The quantitative estimate of drug-likeness (QED) is 0.222. The van der Waals surface area contributed by atoms with E-state index in [1.165, 1.54) is 22.7 Å². The van der Waals surface area contributed by atoms with Crippen molar-refractivity contribution in [2.45, 2.75) is 49.0 Å². The number of hydrogen-bond donors (Lipinski definition) is 4. The third-order valence-corrected chi connectivity index (χ3v) is 5.19. The minimum atomic E-state index is -1.21. The molecule has 0 aromatic carbocycles. The van der Waals surface area contributed by atoms with Crippen LogP contribution in [0.1, 0.15) is 25.5 Å². The van der Waals surface area contributed by atoms with Gasteiger partial charge in [0.1, 0.15) is 23.8 Å². The first-order valence-electron chi connectivity index (χ1n) is 8.43. The Labute approximate surface area is 154 Å². The number of fused-ring (bicyclic) bond motifs is 1. The van der Waals surface area contributed by atoms with Crippen LogP contribution in [0.15, 0.2) is 24.1 Å². The average Bonchev–Trinajstić information content (AvgIpc) is 3.17.